The van der Waals surface area contributed by atoms with E-state index in [9.17, 15) is 13.2 Å². The SMILES string of the molecule is COc1c(NC(=O)c2ccc(C)c(N3CC(c4cn(C)c(C5CC5)n4)N=N3)c2)cc(C(C)(C)C)cc1NS(C)(=O)=O. The van der Waals surface area contributed by atoms with Gasteiger partial charge in [0.1, 0.15) is 11.9 Å². The van der Waals surface area contributed by atoms with Gasteiger partial charge < -0.3 is 14.6 Å². The first kappa shape index (κ1) is 28.6. The Kier molecular flexibility index (Phi) is 7.31. The first-order chi connectivity index (χ1) is 19.2. The second kappa shape index (κ2) is 10.5. The van der Waals surface area contributed by atoms with Gasteiger partial charge in [0.15, 0.2) is 5.75 Å². The number of aromatic nitrogens is 2. The second-order valence-corrected chi connectivity index (χ2v) is 13.6. The molecule has 2 heterocycles. The van der Waals surface area contributed by atoms with E-state index < -0.39 is 10.0 Å². The molecule has 12 heteroatoms. The van der Waals surface area contributed by atoms with Crippen LogP contribution in [-0.4, -0.2) is 43.8 Å². The van der Waals surface area contributed by atoms with Gasteiger partial charge in [-0.2, -0.15) is 5.11 Å². The smallest absolute Gasteiger partial charge is 0.255 e. The summed E-state index contributed by atoms with van der Waals surface area (Å²) in [6.07, 6.45) is 5.46. The first-order valence-corrected chi connectivity index (χ1v) is 15.5. The number of methoxy groups -OCH3 is 1. The molecule has 1 unspecified atom stereocenters. The summed E-state index contributed by atoms with van der Waals surface area (Å²) in [6, 6.07) is 8.75. The van der Waals surface area contributed by atoms with Crippen LogP contribution in [0.1, 0.15) is 78.6 Å². The average molecular weight is 580 g/mol. The summed E-state index contributed by atoms with van der Waals surface area (Å²) < 4.78 is 34.3. The number of nitrogens with zero attached hydrogens (tertiary/aromatic N) is 5. The van der Waals surface area contributed by atoms with Crippen LogP contribution in [0.25, 0.3) is 0 Å². The number of imidazole rings is 1. The maximum absolute atomic E-state index is 13.5. The van der Waals surface area contributed by atoms with Crippen molar-refractivity contribution in [2.24, 2.45) is 17.4 Å². The third-order valence-electron chi connectivity index (χ3n) is 7.31. The number of carbonyl (C=O) groups is 1. The molecule has 1 atom stereocenters. The lowest BCUT2D eigenvalue weighted by molar-refractivity contribution is 0.102. The highest BCUT2D eigenvalue weighted by Crippen LogP contribution is 2.41. The van der Waals surface area contributed by atoms with Gasteiger partial charge in [-0.25, -0.2) is 18.4 Å². The number of rotatable bonds is 8. The van der Waals surface area contributed by atoms with E-state index >= 15 is 0 Å². The molecule has 2 aromatic carbocycles. The molecule has 2 N–H and O–H groups in total. The molecule has 1 saturated carbocycles. The quantitative estimate of drug-likeness (QED) is 0.364. The minimum Gasteiger partial charge on any atom is -0.492 e. The number of hydrogen-bond acceptors (Lipinski definition) is 8. The van der Waals surface area contributed by atoms with E-state index in [1.54, 1.807) is 29.3 Å². The second-order valence-electron chi connectivity index (χ2n) is 11.9. The minimum absolute atomic E-state index is 0.184. The highest BCUT2D eigenvalue weighted by atomic mass is 32.2. The zero-order valence-corrected chi connectivity index (χ0v) is 25.3. The van der Waals surface area contributed by atoms with Crippen LogP contribution in [0.15, 0.2) is 46.9 Å². The molecule has 1 aromatic heterocycles. The third kappa shape index (κ3) is 6.22. The Bertz CT molecular complexity index is 1640. The number of anilines is 3. The van der Waals surface area contributed by atoms with E-state index in [0.717, 1.165) is 34.6 Å². The fourth-order valence-electron chi connectivity index (χ4n) is 4.92. The molecule has 0 bridgehead atoms. The molecule has 1 aliphatic carbocycles. The van der Waals surface area contributed by atoms with E-state index in [1.807, 2.05) is 47.0 Å². The van der Waals surface area contributed by atoms with Crippen molar-refractivity contribution in [1.82, 2.24) is 9.55 Å². The van der Waals surface area contributed by atoms with Crippen molar-refractivity contribution >= 4 is 33.0 Å². The standard InChI is InChI=1S/C29H37N7O4S/c1-17-8-9-19(12-25(17)36-16-24(32-34-36)23-15-35(5)27(30-23)18-10-11-18)28(37)31-21-13-20(29(2,3)4)14-22(26(21)40-6)33-41(7,38)39/h8-9,12-15,18,24,33H,10-11,16H2,1-7H3,(H,31,37). The minimum atomic E-state index is -3.59. The summed E-state index contributed by atoms with van der Waals surface area (Å²) >= 11 is 0. The Balaban J connectivity index is 1.40. The number of carbonyl (C=O) groups excluding carboxylic acids is 1. The molecular formula is C29H37N7O4S. The van der Waals surface area contributed by atoms with Crippen molar-refractivity contribution < 1.29 is 17.9 Å². The summed E-state index contributed by atoms with van der Waals surface area (Å²) in [6.45, 7) is 8.51. The van der Waals surface area contributed by atoms with E-state index in [4.69, 9.17) is 9.72 Å². The van der Waals surface area contributed by atoms with Crippen LogP contribution in [-0.2, 0) is 22.5 Å². The number of sulfonamides is 1. The van der Waals surface area contributed by atoms with E-state index in [0.29, 0.717) is 23.7 Å². The lowest BCUT2D eigenvalue weighted by Gasteiger charge is -2.24. The summed E-state index contributed by atoms with van der Waals surface area (Å²) in [4.78, 5) is 18.4. The highest BCUT2D eigenvalue weighted by Gasteiger charge is 2.32. The number of hydrogen-bond donors (Lipinski definition) is 2. The largest absolute Gasteiger partial charge is 0.492 e. The molecular weight excluding hydrogens is 542 g/mol. The van der Waals surface area contributed by atoms with Gasteiger partial charge in [0.25, 0.3) is 5.91 Å². The van der Waals surface area contributed by atoms with Gasteiger partial charge in [-0.1, -0.05) is 32.1 Å². The molecule has 0 radical (unpaired) electrons. The normalized spacial score (nSPS) is 17.1. The summed E-state index contributed by atoms with van der Waals surface area (Å²) in [7, 11) is -0.135. The summed E-state index contributed by atoms with van der Waals surface area (Å²) in [5.41, 5.74) is 4.17. The number of nitrogens with one attached hydrogen (secondary N) is 2. The Morgan fingerprint density at radius 2 is 1.83 bits per heavy atom. The fraction of sp³-hybridized carbons (Fsp3) is 0.448. The van der Waals surface area contributed by atoms with Crippen molar-refractivity contribution in [2.75, 3.05) is 35.0 Å². The molecule has 11 nitrogen and oxygen atoms in total. The van der Waals surface area contributed by atoms with Crippen molar-refractivity contribution in [3.05, 3.63) is 64.7 Å². The average Bonchev–Trinajstić information content (AvgIpc) is 3.46. The van der Waals surface area contributed by atoms with Crippen LogP contribution in [0.3, 0.4) is 0 Å². The van der Waals surface area contributed by atoms with E-state index in [1.165, 1.54) is 20.0 Å². The molecule has 1 aliphatic heterocycles. The molecule has 218 valence electrons. The van der Waals surface area contributed by atoms with Gasteiger partial charge in [-0.15, -0.1) is 0 Å². The van der Waals surface area contributed by atoms with Crippen molar-refractivity contribution in [3.8, 4) is 5.75 Å². The van der Waals surface area contributed by atoms with E-state index in [-0.39, 0.29) is 28.8 Å². The molecule has 1 fully saturated rings. The van der Waals surface area contributed by atoms with Crippen LogP contribution in [0.5, 0.6) is 5.75 Å². The Labute approximate surface area is 241 Å². The molecule has 5 rings (SSSR count). The topological polar surface area (TPSA) is 130 Å². The summed E-state index contributed by atoms with van der Waals surface area (Å²) in [5.74, 6) is 1.50. The number of amides is 1. The van der Waals surface area contributed by atoms with Gasteiger partial charge in [0.05, 0.1) is 42.7 Å². The fourth-order valence-corrected chi connectivity index (χ4v) is 5.47. The van der Waals surface area contributed by atoms with Crippen molar-refractivity contribution in [3.63, 3.8) is 0 Å². The molecule has 1 amide bonds. The zero-order valence-electron chi connectivity index (χ0n) is 24.5. The van der Waals surface area contributed by atoms with Crippen LogP contribution >= 0.6 is 0 Å². The predicted molar refractivity (Wildman–Crippen MR) is 159 cm³/mol. The Hall–Kier alpha value is -3.93. The zero-order chi connectivity index (χ0) is 29.7. The molecule has 0 saturated heterocycles. The van der Waals surface area contributed by atoms with Crippen molar-refractivity contribution in [1.29, 1.82) is 0 Å². The Morgan fingerprint density at radius 3 is 2.46 bits per heavy atom. The molecule has 41 heavy (non-hydrogen) atoms. The van der Waals surface area contributed by atoms with Gasteiger partial charge in [-0.3, -0.25) is 9.52 Å². The monoisotopic (exact) mass is 579 g/mol. The number of aryl methyl sites for hydroxylation is 2. The van der Waals surface area contributed by atoms with Crippen LogP contribution < -0.4 is 19.8 Å². The number of benzene rings is 2. The molecule has 0 spiro atoms. The molecule has 2 aliphatic rings. The Morgan fingerprint density at radius 1 is 1.12 bits per heavy atom. The lowest BCUT2D eigenvalue weighted by atomic mass is 9.86. The third-order valence-corrected chi connectivity index (χ3v) is 7.90. The van der Waals surface area contributed by atoms with E-state index in [2.05, 4.69) is 24.9 Å². The maximum Gasteiger partial charge on any atom is 0.255 e. The number of ether oxygens (including phenoxy) is 1. The maximum atomic E-state index is 13.5. The first-order valence-electron chi connectivity index (χ1n) is 13.6. The van der Waals surface area contributed by atoms with Crippen molar-refractivity contribution in [2.45, 2.75) is 57.9 Å². The van der Waals surface area contributed by atoms with Gasteiger partial charge in [0.2, 0.25) is 10.0 Å². The summed E-state index contributed by atoms with van der Waals surface area (Å²) in [5, 5.41) is 13.6. The van der Waals surface area contributed by atoms with Crippen LogP contribution in [0.2, 0.25) is 0 Å². The molecule has 3 aromatic rings. The van der Waals surface area contributed by atoms with Crippen LogP contribution in [0, 0.1) is 6.92 Å². The highest BCUT2D eigenvalue weighted by molar-refractivity contribution is 7.92. The lowest BCUT2D eigenvalue weighted by Crippen LogP contribution is -2.20. The van der Waals surface area contributed by atoms with Crippen LogP contribution in [0.4, 0.5) is 17.1 Å². The van der Waals surface area contributed by atoms with Gasteiger partial charge in [-0.05, 0) is 60.6 Å². The van der Waals surface area contributed by atoms with Gasteiger partial charge in [0, 0.05) is 24.7 Å². The van der Waals surface area contributed by atoms with Gasteiger partial charge >= 0.3 is 0 Å². The predicted octanol–water partition coefficient (Wildman–Crippen LogP) is 5.46.